The molecule has 1 saturated heterocycles. The molecule has 0 bridgehead atoms. The van der Waals surface area contributed by atoms with Crippen LogP contribution in [0.2, 0.25) is 0 Å². The van der Waals surface area contributed by atoms with Crippen molar-refractivity contribution in [1.82, 2.24) is 9.47 Å². The predicted molar refractivity (Wildman–Crippen MR) is 135 cm³/mol. The van der Waals surface area contributed by atoms with Crippen LogP contribution < -0.4 is 4.90 Å². The van der Waals surface area contributed by atoms with Crippen LogP contribution in [-0.2, 0) is 0 Å². The Bertz CT molecular complexity index is 1360. The number of piperazine rings is 1. The van der Waals surface area contributed by atoms with Crippen molar-refractivity contribution in [1.29, 1.82) is 5.26 Å². The summed E-state index contributed by atoms with van der Waals surface area (Å²) in [4.78, 5) is 17.9. The van der Waals surface area contributed by atoms with Gasteiger partial charge in [0.1, 0.15) is 11.8 Å². The Morgan fingerprint density at radius 2 is 1.44 bits per heavy atom. The molecule has 0 spiro atoms. The molecule has 1 aliphatic rings. The maximum atomic E-state index is 13.7. The molecule has 1 aliphatic heterocycles. The van der Waals surface area contributed by atoms with Crippen LogP contribution in [0.25, 0.3) is 16.8 Å². The largest absolute Gasteiger partial charge is 0.368 e. The fraction of sp³-hybridized carbons (Fsp3) is 0.172. The quantitative estimate of drug-likeness (QED) is 0.428. The standard InChI is InChI=1S/C29H26N4O/c1-22-9-5-7-13-26(22)31-17-19-32(20-18-31)29(34)28-24(21-30)15-16-33(28)27-14-8-6-12-25(27)23-10-3-2-4-11-23/h2-16H,17-20H2,1H3. The molecule has 168 valence electrons. The van der Waals surface area contributed by atoms with Crippen LogP contribution in [0.4, 0.5) is 5.69 Å². The summed E-state index contributed by atoms with van der Waals surface area (Å²) in [6, 6.07) is 30.4. The van der Waals surface area contributed by atoms with Crippen LogP contribution in [0.1, 0.15) is 21.6 Å². The average molecular weight is 447 g/mol. The van der Waals surface area contributed by atoms with Gasteiger partial charge in [-0.05, 0) is 36.2 Å². The highest BCUT2D eigenvalue weighted by Crippen LogP contribution is 2.30. The first-order valence-electron chi connectivity index (χ1n) is 11.5. The Hall–Kier alpha value is -4.30. The van der Waals surface area contributed by atoms with Crippen LogP contribution in [0.5, 0.6) is 0 Å². The lowest BCUT2D eigenvalue weighted by Crippen LogP contribution is -2.49. The first kappa shape index (κ1) is 21.5. The van der Waals surface area contributed by atoms with Crippen molar-refractivity contribution >= 4 is 11.6 Å². The summed E-state index contributed by atoms with van der Waals surface area (Å²) in [6.45, 7) is 4.87. The van der Waals surface area contributed by atoms with Crippen molar-refractivity contribution in [3.63, 3.8) is 0 Å². The molecule has 0 N–H and O–H groups in total. The first-order chi connectivity index (χ1) is 16.7. The summed E-state index contributed by atoms with van der Waals surface area (Å²) in [5, 5.41) is 9.79. The molecule has 0 saturated carbocycles. The SMILES string of the molecule is Cc1ccccc1N1CCN(C(=O)c2c(C#N)ccn2-c2ccccc2-c2ccccc2)CC1. The van der Waals surface area contributed by atoms with Crippen LogP contribution in [0.3, 0.4) is 0 Å². The van der Waals surface area contributed by atoms with Crippen molar-refractivity contribution < 1.29 is 4.79 Å². The van der Waals surface area contributed by atoms with E-state index in [-0.39, 0.29) is 5.91 Å². The van der Waals surface area contributed by atoms with Gasteiger partial charge in [-0.3, -0.25) is 4.79 Å². The molecule has 1 aromatic heterocycles. The summed E-state index contributed by atoms with van der Waals surface area (Å²) in [7, 11) is 0. The van der Waals surface area contributed by atoms with E-state index in [1.807, 2.05) is 64.2 Å². The molecule has 1 fully saturated rings. The van der Waals surface area contributed by atoms with Crippen LogP contribution in [-0.4, -0.2) is 41.6 Å². The van der Waals surface area contributed by atoms with E-state index < -0.39 is 0 Å². The number of anilines is 1. The number of carbonyl (C=O) groups is 1. The van der Waals surface area contributed by atoms with Gasteiger partial charge < -0.3 is 14.4 Å². The summed E-state index contributed by atoms with van der Waals surface area (Å²) in [5.41, 5.74) is 6.24. The Morgan fingerprint density at radius 1 is 0.794 bits per heavy atom. The molecule has 0 aliphatic carbocycles. The molecule has 1 amide bonds. The lowest BCUT2D eigenvalue weighted by Gasteiger charge is -2.37. The topological polar surface area (TPSA) is 52.3 Å². The number of amides is 1. The van der Waals surface area contributed by atoms with Crippen molar-refractivity contribution in [2.45, 2.75) is 6.92 Å². The van der Waals surface area contributed by atoms with Crippen molar-refractivity contribution in [3.05, 3.63) is 108 Å². The second kappa shape index (κ2) is 9.29. The van der Waals surface area contributed by atoms with Gasteiger partial charge in [0.2, 0.25) is 0 Å². The highest BCUT2D eigenvalue weighted by molar-refractivity contribution is 5.96. The van der Waals surface area contributed by atoms with Crippen LogP contribution in [0.15, 0.2) is 91.1 Å². The molecule has 5 nitrogen and oxygen atoms in total. The molecular weight excluding hydrogens is 420 g/mol. The van der Waals surface area contributed by atoms with Gasteiger partial charge in [-0.25, -0.2) is 0 Å². The summed E-state index contributed by atoms with van der Waals surface area (Å²) < 4.78 is 1.87. The van der Waals surface area contributed by atoms with Gasteiger partial charge in [-0.2, -0.15) is 5.26 Å². The van der Waals surface area contributed by atoms with Crippen molar-refractivity contribution in [2.24, 2.45) is 0 Å². The number of nitrogens with zero attached hydrogens (tertiary/aromatic N) is 4. The molecular formula is C29H26N4O. The molecule has 5 rings (SSSR count). The fourth-order valence-corrected chi connectivity index (χ4v) is 4.71. The van der Waals surface area contributed by atoms with E-state index in [1.165, 1.54) is 11.3 Å². The molecule has 2 heterocycles. The second-order valence-electron chi connectivity index (χ2n) is 8.51. The first-order valence-corrected chi connectivity index (χ1v) is 11.5. The maximum Gasteiger partial charge on any atom is 0.272 e. The minimum Gasteiger partial charge on any atom is -0.368 e. The molecule has 0 radical (unpaired) electrons. The van der Waals surface area contributed by atoms with Gasteiger partial charge in [-0.1, -0.05) is 66.7 Å². The number of para-hydroxylation sites is 2. The molecule has 34 heavy (non-hydrogen) atoms. The smallest absolute Gasteiger partial charge is 0.272 e. The van der Waals surface area contributed by atoms with Gasteiger partial charge >= 0.3 is 0 Å². The lowest BCUT2D eigenvalue weighted by atomic mass is 10.0. The van der Waals surface area contributed by atoms with Gasteiger partial charge in [0.05, 0.1) is 11.3 Å². The number of nitriles is 1. The third-order valence-corrected chi connectivity index (χ3v) is 6.48. The second-order valence-corrected chi connectivity index (χ2v) is 8.51. The van der Waals surface area contributed by atoms with Gasteiger partial charge in [0, 0.05) is 43.6 Å². The van der Waals surface area contributed by atoms with Gasteiger partial charge in [0.15, 0.2) is 0 Å². The molecule has 5 heteroatoms. The zero-order valence-electron chi connectivity index (χ0n) is 19.2. The average Bonchev–Trinajstić information content (AvgIpc) is 3.33. The molecule has 3 aromatic carbocycles. The van der Waals surface area contributed by atoms with Crippen molar-refractivity contribution in [2.75, 3.05) is 31.1 Å². The highest BCUT2D eigenvalue weighted by Gasteiger charge is 2.28. The van der Waals surface area contributed by atoms with E-state index in [2.05, 4.69) is 48.2 Å². The minimum absolute atomic E-state index is 0.103. The Balaban J connectivity index is 1.46. The van der Waals surface area contributed by atoms with Crippen molar-refractivity contribution in [3.8, 4) is 22.9 Å². The predicted octanol–water partition coefficient (Wildman–Crippen LogP) is 5.29. The number of hydrogen-bond acceptors (Lipinski definition) is 3. The Kier molecular flexibility index (Phi) is 5.88. The number of rotatable bonds is 4. The van der Waals surface area contributed by atoms with Gasteiger partial charge in [0.25, 0.3) is 5.91 Å². The normalized spacial score (nSPS) is 13.5. The van der Waals surface area contributed by atoms with Crippen LogP contribution >= 0.6 is 0 Å². The number of hydrogen-bond donors (Lipinski definition) is 0. The van der Waals surface area contributed by atoms with E-state index >= 15 is 0 Å². The Labute approximate surface area is 200 Å². The van der Waals surface area contributed by atoms with E-state index in [9.17, 15) is 10.1 Å². The lowest BCUT2D eigenvalue weighted by molar-refractivity contribution is 0.0738. The zero-order chi connectivity index (χ0) is 23.5. The third kappa shape index (κ3) is 3.95. The summed E-state index contributed by atoms with van der Waals surface area (Å²) in [5.74, 6) is -0.103. The number of aromatic nitrogens is 1. The molecule has 0 atom stereocenters. The van der Waals surface area contributed by atoms with Crippen LogP contribution in [0, 0.1) is 18.3 Å². The van der Waals surface area contributed by atoms with E-state index in [1.54, 1.807) is 6.07 Å². The highest BCUT2D eigenvalue weighted by atomic mass is 16.2. The monoisotopic (exact) mass is 446 g/mol. The number of carbonyl (C=O) groups excluding carboxylic acids is 1. The minimum atomic E-state index is -0.103. The fourth-order valence-electron chi connectivity index (χ4n) is 4.71. The maximum absolute atomic E-state index is 13.7. The molecule has 0 unspecified atom stereocenters. The summed E-state index contributed by atoms with van der Waals surface area (Å²) in [6.07, 6.45) is 1.83. The van der Waals surface area contributed by atoms with E-state index in [0.717, 1.165) is 29.9 Å². The third-order valence-electron chi connectivity index (χ3n) is 6.48. The summed E-state index contributed by atoms with van der Waals surface area (Å²) >= 11 is 0. The number of aryl methyl sites for hydroxylation is 1. The molecule has 4 aromatic rings. The van der Waals surface area contributed by atoms with E-state index in [0.29, 0.717) is 24.3 Å². The Morgan fingerprint density at radius 3 is 2.15 bits per heavy atom. The van der Waals surface area contributed by atoms with E-state index in [4.69, 9.17) is 0 Å². The zero-order valence-corrected chi connectivity index (χ0v) is 19.2. The number of benzene rings is 3. The van der Waals surface area contributed by atoms with Gasteiger partial charge in [-0.15, -0.1) is 0 Å².